The van der Waals surface area contributed by atoms with Crippen LogP contribution in [0.3, 0.4) is 0 Å². The van der Waals surface area contributed by atoms with Crippen molar-refractivity contribution in [2.24, 2.45) is 5.92 Å². The summed E-state index contributed by atoms with van der Waals surface area (Å²) in [6, 6.07) is 6.13. The number of aryl methyl sites for hydroxylation is 1. The molecule has 1 atom stereocenters. The molecule has 0 saturated carbocycles. The zero-order valence-electron chi connectivity index (χ0n) is 9.16. The van der Waals surface area contributed by atoms with E-state index in [1.165, 1.54) is 5.56 Å². The van der Waals surface area contributed by atoms with Gasteiger partial charge in [-0.2, -0.15) is 12.6 Å². The molecule has 0 fully saturated rings. The van der Waals surface area contributed by atoms with Crippen molar-refractivity contribution in [1.29, 1.82) is 0 Å². The van der Waals surface area contributed by atoms with Gasteiger partial charge in [-0.15, -0.1) is 0 Å². The van der Waals surface area contributed by atoms with E-state index in [0.29, 0.717) is 5.92 Å². The van der Waals surface area contributed by atoms with Crippen molar-refractivity contribution >= 4 is 28.6 Å². The number of benzene rings is 1. The van der Waals surface area contributed by atoms with Crippen LogP contribution in [-0.2, 0) is 0 Å². The third-order valence-electron chi connectivity index (χ3n) is 2.40. The molecule has 0 heterocycles. The first-order valence-electron chi connectivity index (χ1n) is 5.17. The highest BCUT2D eigenvalue weighted by molar-refractivity contribution is 9.10. The summed E-state index contributed by atoms with van der Waals surface area (Å²) in [6.45, 7) is 4.97. The number of hydrogen-bond donors (Lipinski definition) is 1. The fraction of sp³-hybridized carbons (Fsp3) is 0.500. The standard InChI is InChI=1S/C12H17BrOS/c1-3-10(8-15)7-14-12-5-4-9(2)6-11(12)13/h4-6,10,15H,3,7-8H2,1-2H3. The predicted octanol–water partition coefficient (Wildman–Crippen LogP) is 4.09. The van der Waals surface area contributed by atoms with Crippen molar-refractivity contribution in [3.63, 3.8) is 0 Å². The summed E-state index contributed by atoms with van der Waals surface area (Å²) < 4.78 is 6.76. The molecule has 1 aromatic carbocycles. The van der Waals surface area contributed by atoms with Gasteiger partial charge in [-0.25, -0.2) is 0 Å². The summed E-state index contributed by atoms with van der Waals surface area (Å²) >= 11 is 7.79. The normalized spacial score (nSPS) is 12.5. The Morgan fingerprint density at radius 1 is 1.47 bits per heavy atom. The summed E-state index contributed by atoms with van der Waals surface area (Å²) in [6.07, 6.45) is 1.10. The van der Waals surface area contributed by atoms with Crippen LogP contribution in [-0.4, -0.2) is 12.4 Å². The van der Waals surface area contributed by atoms with Gasteiger partial charge in [0.1, 0.15) is 5.75 Å². The third kappa shape index (κ3) is 4.07. The number of hydrogen-bond acceptors (Lipinski definition) is 2. The average Bonchev–Trinajstić information content (AvgIpc) is 2.22. The second kappa shape index (κ2) is 6.44. The van der Waals surface area contributed by atoms with Crippen LogP contribution in [0, 0.1) is 12.8 Å². The first-order valence-corrected chi connectivity index (χ1v) is 6.59. The van der Waals surface area contributed by atoms with Crippen LogP contribution >= 0.6 is 28.6 Å². The van der Waals surface area contributed by atoms with Crippen molar-refractivity contribution in [3.05, 3.63) is 28.2 Å². The zero-order valence-corrected chi connectivity index (χ0v) is 11.6. The second-order valence-electron chi connectivity index (χ2n) is 3.70. The summed E-state index contributed by atoms with van der Waals surface area (Å²) in [7, 11) is 0. The fourth-order valence-corrected chi connectivity index (χ4v) is 2.20. The summed E-state index contributed by atoms with van der Waals surface area (Å²) in [4.78, 5) is 0. The molecule has 1 rings (SSSR count). The Morgan fingerprint density at radius 3 is 2.73 bits per heavy atom. The second-order valence-corrected chi connectivity index (χ2v) is 4.92. The molecule has 0 saturated heterocycles. The van der Waals surface area contributed by atoms with Gasteiger partial charge in [0, 0.05) is 5.92 Å². The highest BCUT2D eigenvalue weighted by Gasteiger charge is 2.06. The van der Waals surface area contributed by atoms with Crippen molar-refractivity contribution in [1.82, 2.24) is 0 Å². The van der Waals surface area contributed by atoms with Crippen LogP contribution in [0.15, 0.2) is 22.7 Å². The molecular weight excluding hydrogens is 272 g/mol. The van der Waals surface area contributed by atoms with E-state index >= 15 is 0 Å². The smallest absolute Gasteiger partial charge is 0.133 e. The first kappa shape index (κ1) is 12.9. The number of ether oxygens (including phenoxy) is 1. The monoisotopic (exact) mass is 288 g/mol. The molecule has 1 unspecified atom stereocenters. The Hall–Kier alpha value is -0.150. The Kier molecular flexibility index (Phi) is 5.54. The Balaban J connectivity index is 2.57. The van der Waals surface area contributed by atoms with Crippen LogP contribution in [0.1, 0.15) is 18.9 Å². The van der Waals surface area contributed by atoms with Crippen molar-refractivity contribution < 1.29 is 4.74 Å². The van der Waals surface area contributed by atoms with Gasteiger partial charge in [-0.05, 0) is 52.7 Å². The zero-order chi connectivity index (χ0) is 11.3. The summed E-state index contributed by atoms with van der Waals surface area (Å²) in [5.74, 6) is 2.32. The molecule has 0 aliphatic carbocycles. The molecule has 3 heteroatoms. The van der Waals surface area contributed by atoms with Crippen LogP contribution in [0.4, 0.5) is 0 Å². The lowest BCUT2D eigenvalue weighted by Gasteiger charge is -2.14. The highest BCUT2D eigenvalue weighted by Crippen LogP contribution is 2.26. The fourth-order valence-electron chi connectivity index (χ4n) is 1.23. The van der Waals surface area contributed by atoms with E-state index in [0.717, 1.165) is 29.0 Å². The van der Waals surface area contributed by atoms with E-state index in [9.17, 15) is 0 Å². The maximum atomic E-state index is 5.74. The lowest BCUT2D eigenvalue weighted by atomic mass is 10.1. The topological polar surface area (TPSA) is 9.23 Å². The van der Waals surface area contributed by atoms with E-state index in [1.54, 1.807) is 0 Å². The van der Waals surface area contributed by atoms with Gasteiger partial charge >= 0.3 is 0 Å². The van der Waals surface area contributed by atoms with Crippen LogP contribution in [0.2, 0.25) is 0 Å². The average molecular weight is 289 g/mol. The minimum Gasteiger partial charge on any atom is -0.492 e. The van der Waals surface area contributed by atoms with Crippen LogP contribution in [0.5, 0.6) is 5.75 Å². The number of halogens is 1. The predicted molar refractivity (Wildman–Crippen MR) is 72.0 cm³/mol. The quantitative estimate of drug-likeness (QED) is 0.803. The van der Waals surface area contributed by atoms with E-state index in [-0.39, 0.29) is 0 Å². The molecule has 0 bridgehead atoms. The molecule has 1 aromatic rings. The molecule has 1 nitrogen and oxygen atoms in total. The molecule has 0 amide bonds. The van der Waals surface area contributed by atoms with Gasteiger partial charge in [0.15, 0.2) is 0 Å². The Labute approximate surface area is 106 Å². The van der Waals surface area contributed by atoms with Crippen LogP contribution in [0.25, 0.3) is 0 Å². The summed E-state index contributed by atoms with van der Waals surface area (Å²) in [5, 5.41) is 0. The highest BCUT2D eigenvalue weighted by atomic mass is 79.9. The molecule has 0 spiro atoms. The maximum absolute atomic E-state index is 5.74. The first-order chi connectivity index (χ1) is 7.17. The molecule has 15 heavy (non-hydrogen) atoms. The molecule has 0 N–H and O–H groups in total. The minimum atomic E-state index is 0.529. The molecular formula is C12H17BrOS. The van der Waals surface area contributed by atoms with Gasteiger partial charge in [0.2, 0.25) is 0 Å². The van der Waals surface area contributed by atoms with E-state index in [2.05, 4.69) is 54.5 Å². The maximum Gasteiger partial charge on any atom is 0.133 e. The van der Waals surface area contributed by atoms with E-state index in [4.69, 9.17) is 4.74 Å². The number of thiol groups is 1. The minimum absolute atomic E-state index is 0.529. The van der Waals surface area contributed by atoms with Gasteiger partial charge in [0.25, 0.3) is 0 Å². The molecule has 0 aliphatic heterocycles. The van der Waals surface area contributed by atoms with E-state index in [1.807, 2.05) is 6.07 Å². The van der Waals surface area contributed by atoms with Gasteiger partial charge in [0.05, 0.1) is 11.1 Å². The number of rotatable bonds is 5. The lowest BCUT2D eigenvalue weighted by Crippen LogP contribution is -2.12. The Morgan fingerprint density at radius 2 is 2.20 bits per heavy atom. The van der Waals surface area contributed by atoms with Crippen molar-refractivity contribution in [2.75, 3.05) is 12.4 Å². The lowest BCUT2D eigenvalue weighted by molar-refractivity contribution is 0.258. The van der Waals surface area contributed by atoms with Gasteiger partial charge in [-0.1, -0.05) is 13.0 Å². The SMILES string of the molecule is CCC(CS)COc1ccc(C)cc1Br. The molecule has 0 radical (unpaired) electrons. The van der Waals surface area contributed by atoms with E-state index < -0.39 is 0 Å². The largest absolute Gasteiger partial charge is 0.492 e. The summed E-state index contributed by atoms with van der Waals surface area (Å²) in [5.41, 5.74) is 1.23. The third-order valence-corrected chi connectivity index (χ3v) is 3.53. The molecule has 84 valence electrons. The van der Waals surface area contributed by atoms with Crippen molar-refractivity contribution in [3.8, 4) is 5.75 Å². The van der Waals surface area contributed by atoms with Crippen LogP contribution < -0.4 is 4.74 Å². The van der Waals surface area contributed by atoms with Crippen molar-refractivity contribution in [2.45, 2.75) is 20.3 Å². The van der Waals surface area contributed by atoms with Gasteiger partial charge in [-0.3, -0.25) is 0 Å². The molecule has 0 aliphatic rings. The molecule has 0 aromatic heterocycles. The Bertz CT molecular complexity index is 310. The van der Waals surface area contributed by atoms with Gasteiger partial charge < -0.3 is 4.74 Å².